The molecule has 1 aliphatic heterocycles. The van der Waals surface area contributed by atoms with Crippen molar-refractivity contribution < 1.29 is 4.79 Å². The lowest BCUT2D eigenvalue weighted by molar-refractivity contribution is 0.0827. The van der Waals surface area contributed by atoms with Crippen LogP contribution in [-0.4, -0.2) is 64.4 Å². The Kier molecular flexibility index (Phi) is 8.97. The van der Waals surface area contributed by atoms with E-state index in [0.29, 0.717) is 12.1 Å². The van der Waals surface area contributed by atoms with Gasteiger partial charge in [-0.15, -0.1) is 24.8 Å². The molecule has 0 saturated heterocycles. The number of aryl methyl sites for hydroxylation is 2. The van der Waals surface area contributed by atoms with E-state index in [1.165, 1.54) is 16.7 Å². The molecule has 7 nitrogen and oxygen atoms in total. The molecule has 2 aromatic heterocycles. The van der Waals surface area contributed by atoms with Crippen LogP contribution in [0.3, 0.4) is 0 Å². The summed E-state index contributed by atoms with van der Waals surface area (Å²) in [6.07, 6.45) is 4.81. The van der Waals surface area contributed by atoms with Gasteiger partial charge in [0.1, 0.15) is 5.52 Å². The summed E-state index contributed by atoms with van der Waals surface area (Å²) in [6.45, 7) is 7.76. The first kappa shape index (κ1) is 28.6. The molecule has 3 heterocycles. The van der Waals surface area contributed by atoms with E-state index < -0.39 is 0 Å². The number of benzene rings is 2. The van der Waals surface area contributed by atoms with Crippen LogP contribution in [0, 0.1) is 13.8 Å². The third-order valence-electron chi connectivity index (χ3n) is 6.94. The SMILES string of the molecule is Cc1cc(-c2c[nH]c3ncc(-c4cc(C)c5c(c4)CCN(CCN)C5)nc23)ccc1C(=O)N(C)C.Cl.Cl. The van der Waals surface area contributed by atoms with Crippen LogP contribution >= 0.6 is 24.8 Å². The monoisotopic (exact) mass is 540 g/mol. The lowest BCUT2D eigenvalue weighted by Gasteiger charge is -2.30. The van der Waals surface area contributed by atoms with E-state index in [2.05, 4.69) is 33.9 Å². The lowest BCUT2D eigenvalue weighted by atomic mass is 9.92. The Morgan fingerprint density at radius 1 is 1.11 bits per heavy atom. The molecular formula is C28H34Cl2N6O. The number of carbonyl (C=O) groups excluding carboxylic acids is 1. The summed E-state index contributed by atoms with van der Waals surface area (Å²) in [5.41, 5.74) is 17.0. The van der Waals surface area contributed by atoms with Crippen molar-refractivity contribution in [3.8, 4) is 22.4 Å². The number of hydrogen-bond donors (Lipinski definition) is 2. The smallest absolute Gasteiger partial charge is 0.253 e. The Morgan fingerprint density at radius 2 is 1.86 bits per heavy atom. The molecule has 0 aliphatic carbocycles. The van der Waals surface area contributed by atoms with Gasteiger partial charge in [0.15, 0.2) is 5.65 Å². The number of fused-ring (bicyclic) bond motifs is 2. The highest BCUT2D eigenvalue weighted by molar-refractivity contribution is 5.97. The molecule has 0 saturated carbocycles. The van der Waals surface area contributed by atoms with E-state index in [0.717, 1.165) is 65.2 Å². The number of amides is 1. The Labute approximate surface area is 230 Å². The molecule has 9 heteroatoms. The molecule has 0 atom stereocenters. The molecule has 5 rings (SSSR count). The molecule has 0 spiro atoms. The van der Waals surface area contributed by atoms with Crippen LogP contribution in [-0.2, 0) is 13.0 Å². The molecule has 2 aromatic carbocycles. The van der Waals surface area contributed by atoms with Gasteiger partial charge in [-0.25, -0.2) is 9.97 Å². The predicted octanol–water partition coefficient (Wildman–Crippen LogP) is 4.77. The van der Waals surface area contributed by atoms with Gasteiger partial charge in [0.25, 0.3) is 5.91 Å². The van der Waals surface area contributed by atoms with Gasteiger partial charge in [-0.3, -0.25) is 9.69 Å². The van der Waals surface area contributed by atoms with Gasteiger partial charge in [0.05, 0.1) is 11.9 Å². The van der Waals surface area contributed by atoms with Gasteiger partial charge < -0.3 is 15.6 Å². The van der Waals surface area contributed by atoms with Gasteiger partial charge in [0, 0.05) is 63.2 Å². The maximum Gasteiger partial charge on any atom is 0.253 e. The highest BCUT2D eigenvalue weighted by Crippen LogP contribution is 2.32. The van der Waals surface area contributed by atoms with E-state index in [9.17, 15) is 4.79 Å². The first-order valence-corrected chi connectivity index (χ1v) is 12.1. The Hall–Kier alpha value is -2.97. The van der Waals surface area contributed by atoms with Crippen molar-refractivity contribution in [1.29, 1.82) is 0 Å². The molecule has 0 bridgehead atoms. The Morgan fingerprint density at radius 3 is 2.57 bits per heavy atom. The first-order chi connectivity index (χ1) is 16.9. The van der Waals surface area contributed by atoms with Crippen molar-refractivity contribution in [1.82, 2.24) is 24.8 Å². The van der Waals surface area contributed by atoms with Gasteiger partial charge in [-0.2, -0.15) is 0 Å². The molecule has 0 radical (unpaired) electrons. The topological polar surface area (TPSA) is 91.1 Å². The minimum atomic E-state index is 0. The molecule has 0 fully saturated rings. The zero-order chi connectivity index (χ0) is 24.7. The number of H-pyrrole nitrogens is 1. The summed E-state index contributed by atoms with van der Waals surface area (Å²) in [6, 6.07) is 10.4. The van der Waals surface area contributed by atoms with Gasteiger partial charge >= 0.3 is 0 Å². The average molecular weight is 542 g/mol. The number of halogens is 2. The van der Waals surface area contributed by atoms with Crippen molar-refractivity contribution >= 4 is 41.9 Å². The molecule has 1 aliphatic rings. The van der Waals surface area contributed by atoms with Crippen LogP contribution in [0.4, 0.5) is 0 Å². The fourth-order valence-electron chi connectivity index (χ4n) is 5.00. The van der Waals surface area contributed by atoms with Crippen molar-refractivity contribution in [3.05, 3.63) is 70.5 Å². The molecule has 37 heavy (non-hydrogen) atoms. The van der Waals surface area contributed by atoms with Crippen LogP contribution in [0.15, 0.2) is 42.7 Å². The van der Waals surface area contributed by atoms with Crippen LogP contribution < -0.4 is 5.73 Å². The van der Waals surface area contributed by atoms with Crippen LogP contribution in [0.5, 0.6) is 0 Å². The molecule has 196 valence electrons. The largest absolute Gasteiger partial charge is 0.345 e. The Bertz CT molecular complexity index is 1430. The van der Waals surface area contributed by atoms with E-state index in [4.69, 9.17) is 10.7 Å². The summed E-state index contributed by atoms with van der Waals surface area (Å²) in [5.74, 6) is 0.00369. The fourth-order valence-corrected chi connectivity index (χ4v) is 5.00. The number of nitrogens with two attached hydrogens (primary N) is 1. The van der Waals surface area contributed by atoms with Crippen molar-refractivity contribution in [2.75, 3.05) is 33.7 Å². The van der Waals surface area contributed by atoms with E-state index in [-0.39, 0.29) is 30.7 Å². The standard InChI is InChI=1S/C28H32N6O.2ClH/c1-17-11-19(5-6-22(17)28(35)33(3)4)23-14-30-27-26(23)32-25(15-31-27)21-12-18(2)24-16-34(10-8-29)9-7-20(24)13-21;;/h5-6,11-15H,7-10,16,29H2,1-4H3,(H,30,31);2*1H. The summed E-state index contributed by atoms with van der Waals surface area (Å²) in [5, 5.41) is 0. The number of nitrogens with one attached hydrogen (secondary N) is 1. The maximum atomic E-state index is 12.4. The van der Waals surface area contributed by atoms with Crippen LogP contribution in [0.25, 0.3) is 33.5 Å². The van der Waals surface area contributed by atoms with Crippen LogP contribution in [0.1, 0.15) is 32.6 Å². The van der Waals surface area contributed by atoms with Crippen molar-refractivity contribution in [2.24, 2.45) is 5.73 Å². The first-order valence-electron chi connectivity index (χ1n) is 12.1. The second-order valence-corrected chi connectivity index (χ2v) is 9.63. The van der Waals surface area contributed by atoms with Crippen molar-refractivity contribution in [3.63, 3.8) is 0 Å². The number of rotatable bonds is 5. The second-order valence-electron chi connectivity index (χ2n) is 9.63. The number of aromatic nitrogens is 3. The highest BCUT2D eigenvalue weighted by atomic mass is 35.5. The summed E-state index contributed by atoms with van der Waals surface area (Å²) < 4.78 is 0. The summed E-state index contributed by atoms with van der Waals surface area (Å²) in [4.78, 5) is 29.4. The Balaban J connectivity index is 0.00000190. The maximum absolute atomic E-state index is 12.4. The predicted molar refractivity (Wildman–Crippen MR) is 155 cm³/mol. The molecule has 1 amide bonds. The number of aromatic amines is 1. The summed E-state index contributed by atoms with van der Waals surface area (Å²) in [7, 11) is 3.54. The highest BCUT2D eigenvalue weighted by Gasteiger charge is 2.20. The molecule has 0 unspecified atom stereocenters. The quantitative estimate of drug-likeness (QED) is 0.380. The second kappa shape index (κ2) is 11.6. The number of carbonyl (C=O) groups is 1. The van der Waals surface area contributed by atoms with E-state index >= 15 is 0 Å². The zero-order valence-corrected chi connectivity index (χ0v) is 23.3. The third kappa shape index (κ3) is 5.50. The number of hydrogen-bond acceptors (Lipinski definition) is 5. The normalized spacial score (nSPS) is 13.0. The number of nitrogens with zero attached hydrogens (tertiary/aromatic N) is 4. The average Bonchev–Trinajstić information content (AvgIpc) is 3.27. The minimum absolute atomic E-state index is 0. The molecular weight excluding hydrogens is 507 g/mol. The zero-order valence-electron chi connectivity index (χ0n) is 21.7. The van der Waals surface area contributed by atoms with Crippen LogP contribution in [0.2, 0.25) is 0 Å². The lowest BCUT2D eigenvalue weighted by Crippen LogP contribution is -2.34. The van der Waals surface area contributed by atoms with E-state index in [1.54, 1.807) is 19.0 Å². The summed E-state index contributed by atoms with van der Waals surface area (Å²) >= 11 is 0. The molecule has 3 N–H and O–H groups in total. The fraction of sp³-hybridized carbons (Fsp3) is 0.321. The molecule has 4 aromatic rings. The van der Waals surface area contributed by atoms with Gasteiger partial charge in [-0.1, -0.05) is 12.1 Å². The van der Waals surface area contributed by atoms with Crippen molar-refractivity contribution in [2.45, 2.75) is 26.8 Å². The van der Waals surface area contributed by atoms with Gasteiger partial charge in [-0.05, 0) is 66.3 Å². The van der Waals surface area contributed by atoms with Gasteiger partial charge in [0.2, 0.25) is 0 Å². The third-order valence-corrected chi connectivity index (χ3v) is 6.94. The minimum Gasteiger partial charge on any atom is -0.345 e. The van der Waals surface area contributed by atoms with E-state index in [1.807, 2.05) is 37.5 Å².